The maximum Gasteiger partial charge on any atom is 0.249 e. The van der Waals surface area contributed by atoms with Crippen LogP contribution < -0.4 is 15.4 Å². The molecular weight excluding hydrogens is 581 g/mol. The minimum Gasteiger partial charge on any atom is -0.497 e. The van der Waals surface area contributed by atoms with Gasteiger partial charge in [0.2, 0.25) is 21.8 Å². The lowest BCUT2D eigenvalue weighted by atomic mass is 9.85. The minimum atomic E-state index is -3.72. The second-order valence-corrected chi connectivity index (χ2v) is 13.5. The molecule has 11 nitrogen and oxygen atoms in total. The van der Waals surface area contributed by atoms with Crippen LogP contribution in [0, 0.1) is 17.2 Å². The number of hydrogen-bond acceptors (Lipinski definition) is 8. The molecule has 0 aliphatic carbocycles. The maximum atomic E-state index is 13.2. The van der Waals surface area contributed by atoms with Gasteiger partial charge in [0.15, 0.2) is 6.29 Å². The average Bonchev–Trinajstić information content (AvgIpc) is 3.00. The van der Waals surface area contributed by atoms with E-state index in [4.69, 9.17) is 14.2 Å². The van der Waals surface area contributed by atoms with Crippen LogP contribution in [0.25, 0.3) is 0 Å². The summed E-state index contributed by atoms with van der Waals surface area (Å²) in [6.45, 7) is 4.95. The van der Waals surface area contributed by atoms with E-state index >= 15 is 0 Å². The van der Waals surface area contributed by atoms with E-state index in [0.717, 1.165) is 17.7 Å². The van der Waals surface area contributed by atoms with E-state index < -0.39 is 45.7 Å². The lowest BCUT2D eigenvalue weighted by Crippen LogP contribution is -2.52. The summed E-state index contributed by atoms with van der Waals surface area (Å²) in [5.41, 5.74) is 0.151. The first-order chi connectivity index (χ1) is 20.4. The summed E-state index contributed by atoms with van der Waals surface area (Å²) in [5.74, 6) is -0.688. The zero-order chi connectivity index (χ0) is 31.2. The number of aliphatic hydroxyl groups excluding tert-OH is 1. The third-order valence-corrected chi connectivity index (χ3v) is 9.72. The lowest BCUT2D eigenvalue weighted by molar-refractivity contribution is -0.258. The van der Waals surface area contributed by atoms with E-state index in [0.29, 0.717) is 31.7 Å². The third kappa shape index (κ3) is 8.30. The normalized spacial score (nSPS) is 22.0. The van der Waals surface area contributed by atoms with Crippen LogP contribution in [0.1, 0.15) is 45.0 Å². The maximum absolute atomic E-state index is 13.2. The molecule has 2 saturated heterocycles. The Kier molecular flexibility index (Phi) is 10.8. The fourth-order valence-corrected chi connectivity index (χ4v) is 6.56. The number of carbonyl (C=O) groups is 2. The smallest absolute Gasteiger partial charge is 0.249 e. The van der Waals surface area contributed by atoms with E-state index in [-0.39, 0.29) is 42.8 Å². The number of carbonyl (C=O) groups excluding carboxylic acids is 2. The minimum absolute atomic E-state index is 0.0114. The summed E-state index contributed by atoms with van der Waals surface area (Å²) in [7, 11) is -2.14. The molecule has 0 aromatic heterocycles. The summed E-state index contributed by atoms with van der Waals surface area (Å²) in [6, 6.07) is 11.9. The van der Waals surface area contributed by atoms with Crippen molar-refractivity contribution in [2.75, 3.05) is 39.9 Å². The average molecular weight is 622 g/mol. The Morgan fingerprint density at radius 1 is 1.09 bits per heavy atom. The van der Waals surface area contributed by atoms with Crippen molar-refractivity contribution in [1.29, 1.82) is 0 Å². The molecule has 3 atom stereocenters. The largest absolute Gasteiger partial charge is 0.497 e. The fourth-order valence-electron chi connectivity index (χ4n) is 5.09. The van der Waals surface area contributed by atoms with Gasteiger partial charge in [-0.25, -0.2) is 12.8 Å². The molecule has 2 aliphatic heterocycles. The first-order valence-corrected chi connectivity index (χ1v) is 15.7. The van der Waals surface area contributed by atoms with Gasteiger partial charge < -0.3 is 30.0 Å². The number of aliphatic hydroxyl groups is 1. The Balaban J connectivity index is 1.18. The molecule has 2 aromatic rings. The van der Waals surface area contributed by atoms with Crippen molar-refractivity contribution in [2.45, 2.75) is 56.5 Å². The summed E-state index contributed by atoms with van der Waals surface area (Å²) < 4.78 is 57.2. The fraction of sp³-hybridized carbons (Fsp3) is 0.533. The first kappa shape index (κ1) is 32.8. The van der Waals surface area contributed by atoms with Crippen LogP contribution in [0.5, 0.6) is 5.75 Å². The molecule has 43 heavy (non-hydrogen) atoms. The Morgan fingerprint density at radius 2 is 1.74 bits per heavy atom. The number of sulfonamides is 1. The number of amides is 2. The number of ether oxygens (including phenoxy) is 3. The molecule has 0 radical (unpaired) electrons. The SMILES string of the molecule is COc1ccc([C@@H]2OCC(C)(C)C(C(=O)NCCC(O)C(=O)NCC3CCN(S(=O)(=O)c4ccc(F)cc4)CC3)O2)cc1. The van der Waals surface area contributed by atoms with Gasteiger partial charge in [0.25, 0.3) is 0 Å². The summed E-state index contributed by atoms with van der Waals surface area (Å²) >= 11 is 0. The Bertz CT molecular complexity index is 1350. The zero-order valence-electron chi connectivity index (χ0n) is 24.6. The van der Waals surface area contributed by atoms with Crippen LogP contribution in [-0.4, -0.2) is 81.7 Å². The van der Waals surface area contributed by atoms with Gasteiger partial charge in [-0.2, -0.15) is 4.31 Å². The highest BCUT2D eigenvalue weighted by Crippen LogP contribution is 2.37. The van der Waals surface area contributed by atoms with Crippen LogP contribution in [0.2, 0.25) is 0 Å². The highest BCUT2D eigenvalue weighted by Gasteiger charge is 2.43. The van der Waals surface area contributed by atoms with Crippen LogP contribution in [-0.2, 0) is 29.1 Å². The first-order valence-electron chi connectivity index (χ1n) is 14.3. The van der Waals surface area contributed by atoms with Crippen molar-refractivity contribution in [1.82, 2.24) is 14.9 Å². The molecule has 2 aromatic carbocycles. The third-order valence-electron chi connectivity index (χ3n) is 7.81. The van der Waals surface area contributed by atoms with Crippen molar-refractivity contribution in [3.05, 3.63) is 59.9 Å². The summed E-state index contributed by atoms with van der Waals surface area (Å²) in [6.07, 6.45) is -1.78. The van der Waals surface area contributed by atoms with Crippen molar-refractivity contribution in [2.24, 2.45) is 11.3 Å². The molecule has 2 heterocycles. The number of nitrogens with one attached hydrogen (secondary N) is 2. The van der Waals surface area contributed by atoms with Crippen LogP contribution >= 0.6 is 0 Å². The van der Waals surface area contributed by atoms with E-state index in [1.807, 2.05) is 26.0 Å². The number of nitrogens with zero attached hydrogens (tertiary/aromatic N) is 1. The predicted molar refractivity (Wildman–Crippen MR) is 155 cm³/mol. The van der Waals surface area contributed by atoms with Gasteiger partial charge in [0, 0.05) is 37.2 Å². The molecule has 2 fully saturated rings. The van der Waals surface area contributed by atoms with Gasteiger partial charge in [-0.1, -0.05) is 26.0 Å². The standard InChI is InChI=1S/C30H40FN3O8S/c1-30(2)19-41-29(21-4-8-23(40-3)9-5-21)42-26(30)28(37)32-15-12-25(35)27(36)33-18-20-13-16-34(17-14-20)43(38,39)24-10-6-22(31)7-11-24/h4-11,20,25-26,29,35H,12-19H2,1-3H3,(H,32,37)(H,33,36)/t25?,26?,29-/m1/s1. The van der Waals surface area contributed by atoms with Crippen LogP contribution in [0.15, 0.2) is 53.4 Å². The molecular formula is C30H40FN3O8S. The van der Waals surface area contributed by atoms with E-state index in [1.165, 1.54) is 16.4 Å². The van der Waals surface area contributed by atoms with Crippen molar-refractivity contribution in [3.63, 3.8) is 0 Å². The molecule has 2 aliphatic rings. The molecule has 3 N–H and O–H groups in total. The van der Waals surface area contributed by atoms with Gasteiger partial charge in [-0.15, -0.1) is 0 Å². The number of hydrogen-bond donors (Lipinski definition) is 3. The molecule has 2 unspecified atom stereocenters. The highest BCUT2D eigenvalue weighted by atomic mass is 32.2. The van der Waals surface area contributed by atoms with Gasteiger partial charge in [-0.05, 0) is 61.6 Å². The topological polar surface area (TPSA) is 144 Å². The molecule has 4 rings (SSSR count). The van der Waals surface area contributed by atoms with Crippen molar-refractivity contribution in [3.8, 4) is 5.75 Å². The van der Waals surface area contributed by atoms with Crippen LogP contribution in [0.3, 0.4) is 0 Å². The Morgan fingerprint density at radius 3 is 2.37 bits per heavy atom. The number of piperidine rings is 1. The summed E-state index contributed by atoms with van der Waals surface area (Å²) in [4.78, 5) is 25.5. The van der Waals surface area contributed by atoms with Gasteiger partial charge in [0.1, 0.15) is 23.8 Å². The predicted octanol–water partition coefficient (Wildman–Crippen LogP) is 2.36. The summed E-state index contributed by atoms with van der Waals surface area (Å²) in [5, 5.41) is 15.9. The van der Waals surface area contributed by atoms with Gasteiger partial charge in [0.05, 0.1) is 18.6 Å². The number of rotatable bonds is 11. The molecule has 0 saturated carbocycles. The molecule has 13 heteroatoms. The molecule has 0 spiro atoms. The Hall–Kier alpha value is -3.10. The second-order valence-electron chi connectivity index (χ2n) is 11.6. The van der Waals surface area contributed by atoms with E-state index in [2.05, 4.69) is 10.6 Å². The van der Waals surface area contributed by atoms with E-state index in [1.54, 1.807) is 19.2 Å². The van der Waals surface area contributed by atoms with Crippen LogP contribution in [0.4, 0.5) is 4.39 Å². The van der Waals surface area contributed by atoms with Crippen molar-refractivity contribution < 1.29 is 41.7 Å². The quantitative estimate of drug-likeness (QED) is 0.347. The van der Waals surface area contributed by atoms with Gasteiger partial charge >= 0.3 is 0 Å². The van der Waals surface area contributed by atoms with Gasteiger partial charge in [-0.3, -0.25) is 9.59 Å². The highest BCUT2D eigenvalue weighted by molar-refractivity contribution is 7.89. The lowest BCUT2D eigenvalue weighted by Gasteiger charge is -2.41. The number of benzene rings is 2. The number of methoxy groups -OCH3 is 1. The zero-order valence-corrected chi connectivity index (χ0v) is 25.4. The van der Waals surface area contributed by atoms with Crippen molar-refractivity contribution >= 4 is 21.8 Å². The number of halogens is 1. The Labute approximate surface area is 251 Å². The molecule has 236 valence electrons. The van der Waals surface area contributed by atoms with E-state index in [9.17, 15) is 27.5 Å². The second kappa shape index (κ2) is 14.1. The molecule has 0 bridgehead atoms. The monoisotopic (exact) mass is 621 g/mol. The molecule has 2 amide bonds.